The molecule has 35 heavy (non-hydrogen) atoms. The lowest BCUT2D eigenvalue weighted by atomic mass is 9.96. The predicted octanol–water partition coefficient (Wildman–Crippen LogP) is 5.06. The molecule has 0 amide bonds. The smallest absolute Gasteiger partial charge is 0.321 e. The van der Waals surface area contributed by atoms with Gasteiger partial charge in [0.05, 0.1) is 6.10 Å². The number of carboxylic acid groups (broad SMARTS) is 1. The van der Waals surface area contributed by atoms with Crippen molar-refractivity contribution < 1.29 is 19.7 Å². The van der Waals surface area contributed by atoms with Crippen LogP contribution in [-0.2, 0) is 30.8 Å². The fraction of sp³-hybridized carbons (Fsp3) is 0.367. The quantitative estimate of drug-likeness (QED) is 0.504. The Labute approximate surface area is 207 Å². The molecule has 5 rings (SSSR count). The lowest BCUT2D eigenvalue weighted by molar-refractivity contribution is -0.142. The summed E-state index contributed by atoms with van der Waals surface area (Å²) in [5, 5.41) is 19.6. The lowest BCUT2D eigenvalue weighted by Gasteiger charge is -2.24. The van der Waals surface area contributed by atoms with Crippen LogP contribution in [0.3, 0.4) is 0 Å². The lowest BCUT2D eigenvalue weighted by Crippen LogP contribution is -2.35. The van der Waals surface area contributed by atoms with E-state index in [4.69, 9.17) is 4.74 Å². The second kappa shape index (κ2) is 9.84. The number of aliphatic hydroxyl groups excluding tert-OH is 1. The third-order valence-electron chi connectivity index (χ3n) is 7.57. The van der Waals surface area contributed by atoms with Crippen molar-refractivity contribution in [1.82, 2.24) is 4.90 Å². The Bertz CT molecular complexity index is 1240. The Morgan fingerprint density at radius 3 is 2.57 bits per heavy atom. The topological polar surface area (TPSA) is 70.0 Å². The van der Waals surface area contributed by atoms with Crippen LogP contribution in [-0.4, -0.2) is 39.8 Å². The van der Waals surface area contributed by atoms with E-state index in [1.54, 1.807) is 0 Å². The van der Waals surface area contributed by atoms with Crippen molar-refractivity contribution in [3.63, 3.8) is 0 Å². The van der Waals surface area contributed by atoms with Crippen molar-refractivity contribution in [2.24, 2.45) is 0 Å². The van der Waals surface area contributed by atoms with E-state index in [-0.39, 0.29) is 0 Å². The van der Waals surface area contributed by atoms with Crippen molar-refractivity contribution in [1.29, 1.82) is 0 Å². The number of carbonyl (C=O) groups is 1. The van der Waals surface area contributed by atoms with Gasteiger partial charge in [-0.3, -0.25) is 9.69 Å². The van der Waals surface area contributed by atoms with Gasteiger partial charge < -0.3 is 14.9 Å². The van der Waals surface area contributed by atoms with E-state index in [1.165, 1.54) is 38.9 Å². The maximum Gasteiger partial charge on any atom is 0.321 e. The highest BCUT2D eigenvalue weighted by Crippen LogP contribution is 2.38. The van der Waals surface area contributed by atoms with Crippen molar-refractivity contribution in [2.75, 3.05) is 6.54 Å². The number of benzene rings is 3. The average molecular weight is 472 g/mol. The first-order chi connectivity index (χ1) is 16.9. The van der Waals surface area contributed by atoms with Crippen LogP contribution < -0.4 is 4.74 Å². The first-order valence-corrected chi connectivity index (χ1v) is 12.5. The number of aliphatic carboxylic acids is 1. The normalized spacial score (nSPS) is 19.6. The van der Waals surface area contributed by atoms with E-state index < -0.39 is 18.1 Å². The number of ether oxygens (including phenoxy) is 1. The van der Waals surface area contributed by atoms with Gasteiger partial charge in [-0.05, 0) is 77.6 Å². The number of fused-ring (bicyclic) bond motifs is 1. The first kappa shape index (κ1) is 23.6. The number of rotatable bonds is 7. The SMILES string of the molecule is Cc1cc(CN2C[C@H](O)C[C@H]2C(=O)O)c2c(c1OCc1cccc(-c3ccccc3)c1C)CCC2. The number of carboxylic acids is 1. The molecular weight excluding hydrogens is 438 g/mol. The standard InChI is InChI=1S/C30H33NO4/c1-19-14-23(16-31-17-24(32)15-28(31)30(33)34)26-12-7-13-27(26)29(19)35-18-22-10-6-11-25(20(22)2)21-8-4-3-5-9-21/h3-6,8-11,14,24,28,32H,7,12-13,15-18H2,1-2H3,(H,33,34)/t24-,28+/m1/s1. The van der Waals surface area contributed by atoms with Crippen molar-refractivity contribution >= 4 is 5.97 Å². The Morgan fingerprint density at radius 1 is 1.03 bits per heavy atom. The highest BCUT2D eigenvalue weighted by atomic mass is 16.5. The zero-order valence-electron chi connectivity index (χ0n) is 20.5. The van der Waals surface area contributed by atoms with Crippen LogP contribution in [0.4, 0.5) is 0 Å². The highest BCUT2D eigenvalue weighted by molar-refractivity contribution is 5.74. The summed E-state index contributed by atoms with van der Waals surface area (Å²) in [5.74, 6) is 0.116. The summed E-state index contributed by atoms with van der Waals surface area (Å²) in [5.41, 5.74) is 9.67. The molecule has 1 saturated heterocycles. The largest absolute Gasteiger partial charge is 0.488 e. The fourth-order valence-electron chi connectivity index (χ4n) is 5.79. The number of aliphatic hydroxyl groups is 1. The maximum absolute atomic E-state index is 11.7. The van der Waals surface area contributed by atoms with E-state index in [0.717, 1.165) is 30.6 Å². The zero-order chi connectivity index (χ0) is 24.5. The monoisotopic (exact) mass is 471 g/mol. The van der Waals surface area contributed by atoms with E-state index in [0.29, 0.717) is 26.1 Å². The number of hydrogen-bond acceptors (Lipinski definition) is 4. The summed E-state index contributed by atoms with van der Waals surface area (Å²) in [6, 6.07) is 18.4. The van der Waals surface area contributed by atoms with Crippen LogP contribution in [0.15, 0.2) is 54.6 Å². The molecule has 3 aromatic carbocycles. The summed E-state index contributed by atoms with van der Waals surface area (Å²) < 4.78 is 6.49. The van der Waals surface area contributed by atoms with Gasteiger partial charge in [0.1, 0.15) is 18.4 Å². The molecule has 0 spiro atoms. The van der Waals surface area contributed by atoms with Crippen LogP contribution in [0, 0.1) is 13.8 Å². The summed E-state index contributed by atoms with van der Waals surface area (Å²) in [6.45, 7) is 5.71. The second-order valence-electron chi connectivity index (χ2n) is 9.91. The number of likely N-dealkylation sites (tertiary alicyclic amines) is 1. The highest BCUT2D eigenvalue weighted by Gasteiger charge is 2.36. The molecule has 2 atom stereocenters. The van der Waals surface area contributed by atoms with E-state index in [1.807, 2.05) is 11.0 Å². The minimum atomic E-state index is -0.858. The predicted molar refractivity (Wildman–Crippen MR) is 137 cm³/mol. The van der Waals surface area contributed by atoms with Gasteiger partial charge in [-0.2, -0.15) is 0 Å². The molecule has 0 bridgehead atoms. The fourth-order valence-corrected chi connectivity index (χ4v) is 5.79. The molecular formula is C30H33NO4. The third kappa shape index (κ3) is 4.71. The summed E-state index contributed by atoms with van der Waals surface area (Å²) in [4.78, 5) is 13.6. The molecule has 0 saturated carbocycles. The molecule has 0 radical (unpaired) electrons. The number of nitrogens with zero attached hydrogens (tertiary/aromatic N) is 1. The zero-order valence-corrected chi connectivity index (χ0v) is 20.5. The minimum absolute atomic E-state index is 0.291. The second-order valence-corrected chi connectivity index (χ2v) is 9.91. The molecule has 2 aliphatic rings. The molecule has 3 aromatic rings. The van der Waals surface area contributed by atoms with Crippen LogP contribution in [0.5, 0.6) is 5.75 Å². The van der Waals surface area contributed by atoms with Gasteiger partial charge in [-0.1, -0.05) is 54.6 Å². The molecule has 2 N–H and O–H groups in total. The number of hydrogen-bond donors (Lipinski definition) is 2. The van der Waals surface area contributed by atoms with Crippen LogP contribution >= 0.6 is 0 Å². The van der Waals surface area contributed by atoms with E-state index in [2.05, 4.69) is 62.4 Å². The minimum Gasteiger partial charge on any atom is -0.488 e. The third-order valence-corrected chi connectivity index (χ3v) is 7.57. The van der Waals surface area contributed by atoms with Gasteiger partial charge in [0, 0.05) is 19.5 Å². The van der Waals surface area contributed by atoms with Gasteiger partial charge in [-0.25, -0.2) is 0 Å². The molecule has 182 valence electrons. The van der Waals surface area contributed by atoms with E-state index >= 15 is 0 Å². The van der Waals surface area contributed by atoms with Gasteiger partial charge >= 0.3 is 5.97 Å². The van der Waals surface area contributed by atoms with Crippen molar-refractivity contribution in [3.8, 4) is 16.9 Å². The first-order valence-electron chi connectivity index (χ1n) is 12.5. The summed E-state index contributed by atoms with van der Waals surface area (Å²) >= 11 is 0. The molecule has 1 fully saturated rings. The Kier molecular flexibility index (Phi) is 6.63. The van der Waals surface area contributed by atoms with Gasteiger partial charge in [0.25, 0.3) is 0 Å². The average Bonchev–Trinajstić information content (AvgIpc) is 3.47. The molecule has 0 aromatic heterocycles. The Hall–Kier alpha value is -3.15. The maximum atomic E-state index is 11.7. The molecule has 5 nitrogen and oxygen atoms in total. The van der Waals surface area contributed by atoms with Crippen molar-refractivity contribution in [3.05, 3.63) is 88.0 Å². The molecule has 0 unspecified atom stereocenters. The van der Waals surface area contributed by atoms with Crippen LogP contribution in [0.2, 0.25) is 0 Å². The number of aryl methyl sites for hydroxylation is 1. The number of β-amino-alcohol motifs (C(OH)–C–C–N with tert-alkyl or cyclic N) is 1. The van der Waals surface area contributed by atoms with E-state index in [9.17, 15) is 15.0 Å². The molecule has 5 heteroatoms. The Balaban J connectivity index is 1.39. The van der Waals surface area contributed by atoms with Gasteiger partial charge in [-0.15, -0.1) is 0 Å². The summed E-state index contributed by atoms with van der Waals surface area (Å²) in [7, 11) is 0. The van der Waals surface area contributed by atoms with Crippen molar-refractivity contribution in [2.45, 2.75) is 64.8 Å². The van der Waals surface area contributed by atoms with Gasteiger partial charge in [0.15, 0.2) is 0 Å². The Morgan fingerprint density at radius 2 is 1.80 bits per heavy atom. The van der Waals surface area contributed by atoms with Crippen LogP contribution in [0.1, 0.15) is 46.2 Å². The summed E-state index contributed by atoms with van der Waals surface area (Å²) in [6.07, 6.45) is 2.75. The van der Waals surface area contributed by atoms with Crippen LogP contribution in [0.25, 0.3) is 11.1 Å². The molecule has 1 aliphatic heterocycles. The van der Waals surface area contributed by atoms with Gasteiger partial charge in [0.2, 0.25) is 0 Å². The molecule has 1 aliphatic carbocycles. The molecule has 1 heterocycles.